The van der Waals surface area contributed by atoms with Crippen LogP contribution in [0, 0.1) is 0 Å². The van der Waals surface area contributed by atoms with Crippen LogP contribution in [0.1, 0.15) is 18.1 Å². The molecule has 0 spiro atoms. The smallest absolute Gasteiger partial charge is 0.219 e. The third-order valence-electron chi connectivity index (χ3n) is 6.84. The zero-order valence-electron chi connectivity index (χ0n) is 19.8. The first-order chi connectivity index (χ1) is 17.1. The average molecular weight is 469 g/mol. The molecule has 0 unspecified atom stereocenters. The third kappa shape index (κ3) is 4.33. The highest BCUT2D eigenvalue weighted by molar-refractivity contribution is 5.75. The molecule has 1 fully saturated rings. The molecule has 2 aliphatic heterocycles. The summed E-state index contributed by atoms with van der Waals surface area (Å²) in [6.07, 6.45) is 6.60. The van der Waals surface area contributed by atoms with E-state index in [1.807, 2.05) is 21.7 Å². The molecule has 6 rings (SSSR count). The highest BCUT2D eigenvalue weighted by Gasteiger charge is 2.19. The number of hydrogen-bond acceptors (Lipinski definition) is 6. The molecule has 1 amide bonds. The standard InChI is InChI=1S/C27H28N6O2/c1-19(34)32-10-8-20-16-21(2-3-22(20)17-32)25-18-33-11-9-28-27(33)26(30-25)29-23-4-6-24(7-5-23)31-12-14-35-15-13-31/h2-7,9,11,16,18H,8,10,12-15,17H2,1H3,(H,29,30). The largest absolute Gasteiger partial charge is 0.378 e. The van der Waals surface area contributed by atoms with E-state index in [1.54, 1.807) is 13.1 Å². The summed E-state index contributed by atoms with van der Waals surface area (Å²) >= 11 is 0. The lowest BCUT2D eigenvalue weighted by molar-refractivity contribution is -0.129. The lowest BCUT2D eigenvalue weighted by atomic mass is 9.96. The molecule has 2 aliphatic rings. The van der Waals surface area contributed by atoms with E-state index < -0.39 is 0 Å². The number of carbonyl (C=O) groups is 1. The van der Waals surface area contributed by atoms with Crippen LogP contribution in [0.2, 0.25) is 0 Å². The van der Waals surface area contributed by atoms with Gasteiger partial charge >= 0.3 is 0 Å². The Hall–Kier alpha value is -3.91. The fourth-order valence-electron chi connectivity index (χ4n) is 4.85. The van der Waals surface area contributed by atoms with Gasteiger partial charge in [0.1, 0.15) is 0 Å². The number of nitrogens with one attached hydrogen (secondary N) is 1. The summed E-state index contributed by atoms with van der Waals surface area (Å²) in [5, 5.41) is 3.47. The zero-order chi connectivity index (χ0) is 23.8. The van der Waals surface area contributed by atoms with Crippen LogP contribution in [0.5, 0.6) is 0 Å². The van der Waals surface area contributed by atoms with Gasteiger partial charge in [-0.25, -0.2) is 9.97 Å². The Bertz CT molecular complexity index is 1370. The molecule has 0 bridgehead atoms. The molecule has 4 aromatic rings. The number of aromatic nitrogens is 3. The second kappa shape index (κ2) is 9.03. The molecule has 0 aliphatic carbocycles. The second-order valence-electron chi connectivity index (χ2n) is 9.08. The summed E-state index contributed by atoms with van der Waals surface area (Å²) in [6.45, 7) is 6.43. The van der Waals surface area contributed by atoms with Crippen molar-refractivity contribution in [1.29, 1.82) is 0 Å². The van der Waals surface area contributed by atoms with Crippen LogP contribution in [-0.4, -0.2) is 58.0 Å². The van der Waals surface area contributed by atoms with Crippen molar-refractivity contribution in [2.45, 2.75) is 19.9 Å². The summed E-state index contributed by atoms with van der Waals surface area (Å²) in [5.41, 5.74) is 7.36. The van der Waals surface area contributed by atoms with Crippen molar-refractivity contribution in [3.63, 3.8) is 0 Å². The molecular formula is C27H28N6O2. The number of carbonyl (C=O) groups excluding carboxylic acids is 1. The van der Waals surface area contributed by atoms with Gasteiger partial charge in [-0.15, -0.1) is 0 Å². The summed E-state index contributed by atoms with van der Waals surface area (Å²) in [5.74, 6) is 0.841. The Balaban J connectivity index is 1.28. The van der Waals surface area contributed by atoms with Crippen LogP contribution in [0.3, 0.4) is 0 Å². The minimum atomic E-state index is 0.126. The number of fused-ring (bicyclic) bond motifs is 2. The van der Waals surface area contributed by atoms with E-state index >= 15 is 0 Å². The van der Waals surface area contributed by atoms with E-state index in [-0.39, 0.29) is 5.91 Å². The van der Waals surface area contributed by atoms with Gasteiger partial charge in [0.15, 0.2) is 11.5 Å². The Morgan fingerprint density at radius 1 is 1.03 bits per heavy atom. The predicted molar refractivity (Wildman–Crippen MR) is 136 cm³/mol. The quantitative estimate of drug-likeness (QED) is 0.490. The summed E-state index contributed by atoms with van der Waals surface area (Å²) < 4.78 is 7.47. The molecular weight excluding hydrogens is 440 g/mol. The highest BCUT2D eigenvalue weighted by Crippen LogP contribution is 2.29. The minimum Gasteiger partial charge on any atom is -0.378 e. The molecule has 178 valence electrons. The minimum absolute atomic E-state index is 0.126. The molecule has 1 N–H and O–H groups in total. The molecule has 0 saturated carbocycles. The van der Waals surface area contributed by atoms with Gasteiger partial charge in [-0.05, 0) is 47.9 Å². The Kier molecular flexibility index (Phi) is 5.58. The second-order valence-corrected chi connectivity index (χ2v) is 9.08. The number of rotatable bonds is 4. The molecule has 35 heavy (non-hydrogen) atoms. The van der Waals surface area contributed by atoms with E-state index in [9.17, 15) is 4.79 Å². The van der Waals surface area contributed by atoms with Crippen LogP contribution in [-0.2, 0) is 22.5 Å². The van der Waals surface area contributed by atoms with Gasteiger partial charge in [0.05, 0.1) is 18.9 Å². The average Bonchev–Trinajstić information content (AvgIpc) is 3.38. The molecule has 0 radical (unpaired) electrons. The number of amides is 1. The zero-order valence-corrected chi connectivity index (χ0v) is 19.8. The van der Waals surface area contributed by atoms with Crippen molar-refractivity contribution in [1.82, 2.24) is 19.3 Å². The summed E-state index contributed by atoms with van der Waals surface area (Å²) in [7, 11) is 0. The van der Waals surface area contributed by atoms with Gasteiger partial charge in [-0.3, -0.25) is 4.79 Å². The lowest BCUT2D eigenvalue weighted by Gasteiger charge is -2.29. The number of benzene rings is 2. The monoisotopic (exact) mass is 468 g/mol. The van der Waals surface area contributed by atoms with Crippen molar-refractivity contribution in [3.05, 3.63) is 72.2 Å². The maximum Gasteiger partial charge on any atom is 0.219 e. The number of morpholine rings is 1. The molecule has 1 saturated heterocycles. The van der Waals surface area contributed by atoms with Crippen LogP contribution in [0.25, 0.3) is 16.9 Å². The van der Waals surface area contributed by atoms with Crippen molar-refractivity contribution in [2.24, 2.45) is 0 Å². The maximum absolute atomic E-state index is 11.8. The molecule has 2 aromatic carbocycles. The number of hydrogen-bond donors (Lipinski definition) is 1. The van der Waals surface area contributed by atoms with E-state index in [0.29, 0.717) is 12.4 Å². The van der Waals surface area contributed by atoms with Gasteiger partial charge < -0.3 is 24.3 Å². The highest BCUT2D eigenvalue weighted by atomic mass is 16.5. The van der Waals surface area contributed by atoms with E-state index in [0.717, 1.165) is 61.9 Å². The maximum atomic E-state index is 11.8. The van der Waals surface area contributed by atoms with Crippen molar-refractivity contribution < 1.29 is 9.53 Å². The van der Waals surface area contributed by atoms with Crippen molar-refractivity contribution in [2.75, 3.05) is 43.1 Å². The SMILES string of the molecule is CC(=O)N1CCc2cc(-c3cn4ccnc4c(Nc4ccc(N5CCOCC5)cc4)n3)ccc2C1. The molecule has 0 atom stereocenters. The van der Waals surface area contributed by atoms with Gasteiger partial charge in [0.2, 0.25) is 5.91 Å². The molecule has 2 aromatic heterocycles. The fourth-order valence-corrected chi connectivity index (χ4v) is 4.85. The summed E-state index contributed by atoms with van der Waals surface area (Å²) in [6, 6.07) is 14.9. The lowest BCUT2D eigenvalue weighted by Crippen LogP contribution is -2.36. The molecule has 8 nitrogen and oxygen atoms in total. The van der Waals surface area contributed by atoms with E-state index in [1.165, 1.54) is 16.8 Å². The number of nitrogens with zero attached hydrogens (tertiary/aromatic N) is 5. The molecule has 8 heteroatoms. The first kappa shape index (κ1) is 21.6. The van der Waals surface area contributed by atoms with Gasteiger partial charge in [0, 0.05) is 68.6 Å². The van der Waals surface area contributed by atoms with E-state index in [2.05, 4.69) is 57.7 Å². The van der Waals surface area contributed by atoms with E-state index in [4.69, 9.17) is 9.72 Å². The van der Waals surface area contributed by atoms with Gasteiger partial charge in [-0.2, -0.15) is 0 Å². The summed E-state index contributed by atoms with van der Waals surface area (Å²) in [4.78, 5) is 25.5. The molecule has 4 heterocycles. The third-order valence-corrected chi connectivity index (χ3v) is 6.84. The Morgan fingerprint density at radius 2 is 1.86 bits per heavy atom. The normalized spacial score (nSPS) is 15.8. The topological polar surface area (TPSA) is 75.0 Å². The number of imidazole rings is 1. The fraction of sp³-hybridized carbons (Fsp3) is 0.296. The van der Waals surface area contributed by atoms with Crippen molar-refractivity contribution >= 4 is 28.7 Å². The van der Waals surface area contributed by atoms with Crippen molar-refractivity contribution in [3.8, 4) is 11.3 Å². The predicted octanol–water partition coefficient (Wildman–Crippen LogP) is 3.88. The van der Waals surface area contributed by atoms with Gasteiger partial charge in [-0.1, -0.05) is 12.1 Å². The first-order valence-corrected chi connectivity index (χ1v) is 12.1. The first-order valence-electron chi connectivity index (χ1n) is 12.1. The van der Waals surface area contributed by atoms with Crippen LogP contribution >= 0.6 is 0 Å². The van der Waals surface area contributed by atoms with Crippen LogP contribution < -0.4 is 10.2 Å². The Morgan fingerprint density at radius 3 is 2.66 bits per heavy atom. The van der Waals surface area contributed by atoms with Crippen LogP contribution in [0.4, 0.5) is 17.2 Å². The number of ether oxygens (including phenoxy) is 1. The van der Waals surface area contributed by atoms with Gasteiger partial charge in [0.25, 0.3) is 0 Å². The number of anilines is 3. The van der Waals surface area contributed by atoms with Crippen LogP contribution in [0.15, 0.2) is 61.1 Å². The Labute approximate surface area is 204 Å².